The Bertz CT molecular complexity index is 849. The summed E-state index contributed by atoms with van der Waals surface area (Å²) in [5, 5.41) is 25.1. The molecule has 0 aliphatic carbocycles. The molecule has 25 heavy (non-hydrogen) atoms. The van der Waals surface area contributed by atoms with Gasteiger partial charge in [-0.2, -0.15) is 0 Å². The van der Waals surface area contributed by atoms with Gasteiger partial charge in [0, 0.05) is 12.1 Å². The molecule has 0 aromatic heterocycles. The predicted octanol–water partition coefficient (Wildman–Crippen LogP) is -0.241. The first-order valence-electron chi connectivity index (χ1n) is 7.63. The summed E-state index contributed by atoms with van der Waals surface area (Å²) in [6.45, 7) is 0.0914. The van der Waals surface area contributed by atoms with Crippen LogP contribution in [0.5, 0.6) is 0 Å². The minimum Gasteiger partial charge on any atom is -0.548 e. The van der Waals surface area contributed by atoms with Crippen LogP contribution < -0.4 is 15.5 Å². The van der Waals surface area contributed by atoms with Crippen molar-refractivity contribution in [2.24, 2.45) is 0 Å². The predicted molar refractivity (Wildman–Crippen MR) is 84.3 cm³/mol. The van der Waals surface area contributed by atoms with Crippen molar-refractivity contribution in [3.05, 3.63) is 65.2 Å². The fourth-order valence-electron chi connectivity index (χ4n) is 2.90. The Hall–Kier alpha value is -3.35. The highest BCUT2D eigenvalue weighted by atomic mass is 16.4. The molecule has 0 saturated carbocycles. The Kier molecular flexibility index (Phi) is 4.38. The Morgan fingerprint density at radius 1 is 0.960 bits per heavy atom. The first-order chi connectivity index (χ1) is 12.0. The lowest BCUT2D eigenvalue weighted by Crippen LogP contribution is -2.54. The van der Waals surface area contributed by atoms with Crippen LogP contribution in [0.3, 0.4) is 0 Å². The third kappa shape index (κ3) is 3.30. The van der Waals surface area contributed by atoms with Gasteiger partial charge in [-0.05, 0) is 23.6 Å². The van der Waals surface area contributed by atoms with Crippen LogP contribution in [-0.2, 0) is 17.8 Å². The number of urea groups is 1. The Morgan fingerprint density at radius 2 is 1.60 bits per heavy atom. The summed E-state index contributed by atoms with van der Waals surface area (Å²) in [5.41, 5.74) is 1.54. The van der Waals surface area contributed by atoms with Crippen LogP contribution in [0.1, 0.15) is 21.5 Å². The first-order valence-corrected chi connectivity index (χ1v) is 7.63. The molecule has 2 aromatic rings. The minimum atomic E-state index is -1.43. The molecule has 0 radical (unpaired) electrons. The molecule has 0 saturated heterocycles. The fourth-order valence-corrected chi connectivity index (χ4v) is 2.90. The summed E-state index contributed by atoms with van der Waals surface area (Å²) >= 11 is 0. The van der Waals surface area contributed by atoms with Gasteiger partial charge in [0.25, 0.3) is 0 Å². The lowest BCUT2D eigenvalue weighted by molar-refractivity contribution is -0.311. The van der Waals surface area contributed by atoms with Crippen molar-refractivity contribution in [2.75, 3.05) is 5.32 Å². The van der Waals surface area contributed by atoms with E-state index in [1.165, 1.54) is 18.2 Å². The van der Waals surface area contributed by atoms with E-state index < -0.39 is 24.0 Å². The van der Waals surface area contributed by atoms with Crippen molar-refractivity contribution in [2.45, 2.75) is 19.0 Å². The van der Waals surface area contributed by atoms with Crippen LogP contribution in [-0.4, -0.2) is 28.9 Å². The number of carbonyl (C=O) groups excluding carboxylic acids is 3. The lowest BCUT2D eigenvalue weighted by atomic mass is 9.94. The van der Waals surface area contributed by atoms with Gasteiger partial charge in [-0.25, -0.2) is 4.79 Å². The molecule has 7 heteroatoms. The van der Waals surface area contributed by atoms with Gasteiger partial charge in [0.1, 0.15) is 0 Å². The number of carboxylic acid groups (broad SMARTS) is 2. The molecule has 0 unspecified atom stereocenters. The zero-order valence-electron chi connectivity index (χ0n) is 13.1. The van der Waals surface area contributed by atoms with Crippen molar-refractivity contribution < 1.29 is 24.6 Å². The molecule has 3 rings (SSSR count). The van der Waals surface area contributed by atoms with Crippen LogP contribution in [0.25, 0.3) is 0 Å². The van der Waals surface area contributed by atoms with E-state index in [1.807, 2.05) is 12.1 Å². The van der Waals surface area contributed by atoms with Gasteiger partial charge >= 0.3 is 6.03 Å². The zero-order chi connectivity index (χ0) is 18.0. The molecule has 1 aliphatic heterocycles. The second kappa shape index (κ2) is 6.64. The number of carbonyl (C=O) groups is 3. The molecule has 7 nitrogen and oxygen atoms in total. The Balaban J connectivity index is 1.88. The molecule has 0 fully saturated rings. The lowest BCUT2D eigenvalue weighted by Gasteiger charge is -2.37. The van der Waals surface area contributed by atoms with Crippen molar-refractivity contribution in [3.8, 4) is 0 Å². The Morgan fingerprint density at radius 3 is 2.28 bits per heavy atom. The van der Waals surface area contributed by atoms with Crippen LogP contribution in [0, 0.1) is 0 Å². The molecule has 2 amide bonds. The van der Waals surface area contributed by atoms with Gasteiger partial charge in [0.05, 0.1) is 23.7 Å². The third-order valence-electron chi connectivity index (χ3n) is 4.17. The normalized spacial score (nSPS) is 16.0. The molecule has 1 heterocycles. The van der Waals surface area contributed by atoms with E-state index in [9.17, 15) is 24.6 Å². The van der Waals surface area contributed by atoms with Crippen LogP contribution in [0.15, 0.2) is 48.5 Å². The van der Waals surface area contributed by atoms with Crippen LogP contribution in [0.2, 0.25) is 0 Å². The number of para-hydroxylation sites is 1. The second-order valence-electron chi connectivity index (χ2n) is 5.70. The molecule has 0 bridgehead atoms. The number of carboxylic acids is 2. The zero-order valence-corrected chi connectivity index (χ0v) is 13.1. The van der Waals surface area contributed by atoms with Gasteiger partial charge in [-0.3, -0.25) is 0 Å². The van der Waals surface area contributed by atoms with Crippen molar-refractivity contribution in [1.29, 1.82) is 0 Å². The molecule has 128 valence electrons. The summed E-state index contributed by atoms with van der Waals surface area (Å²) < 4.78 is 0. The van der Waals surface area contributed by atoms with Crippen LogP contribution in [0.4, 0.5) is 10.5 Å². The number of fused-ring (bicyclic) bond motifs is 1. The highest BCUT2D eigenvalue weighted by molar-refractivity contribution is 6.00. The third-order valence-corrected chi connectivity index (χ3v) is 4.17. The highest BCUT2D eigenvalue weighted by Crippen LogP contribution is 2.24. The summed E-state index contributed by atoms with van der Waals surface area (Å²) in [7, 11) is 0. The number of hydrogen-bond donors (Lipinski definition) is 1. The average molecular weight is 338 g/mol. The summed E-state index contributed by atoms with van der Waals surface area (Å²) in [6, 6.07) is 11.2. The number of hydrogen-bond acceptors (Lipinski definition) is 5. The van der Waals surface area contributed by atoms with Gasteiger partial charge in [0.2, 0.25) is 0 Å². The van der Waals surface area contributed by atoms with E-state index >= 15 is 0 Å². The monoisotopic (exact) mass is 338 g/mol. The second-order valence-corrected chi connectivity index (χ2v) is 5.70. The maximum Gasteiger partial charge on any atom is 0.322 e. The number of anilines is 1. The van der Waals surface area contributed by atoms with Crippen molar-refractivity contribution in [1.82, 2.24) is 4.90 Å². The number of nitrogens with zero attached hydrogens (tertiary/aromatic N) is 1. The maximum atomic E-state index is 12.6. The van der Waals surface area contributed by atoms with Crippen molar-refractivity contribution >= 4 is 23.7 Å². The number of benzene rings is 2. The molecule has 1 aliphatic rings. The molecule has 2 aromatic carbocycles. The van der Waals surface area contributed by atoms with E-state index in [-0.39, 0.29) is 24.2 Å². The smallest absolute Gasteiger partial charge is 0.322 e. The molecule has 0 spiro atoms. The van der Waals surface area contributed by atoms with E-state index in [1.54, 1.807) is 18.2 Å². The number of aromatic carboxylic acids is 1. The van der Waals surface area contributed by atoms with Crippen molar-refractivity contribution in [3.63, 3.8) is 0 Å². The Labute approximate surface area is 143 Å². The standard InChI is InChI=1S/C18H16N2O5/c21-16(22)13-7-3-4-8-14(13)19-18(25)20-10-12-6-2-1-5-11(12)9-15(20)17(23)24/h1-8,15H,9-10H2,(H,19,25)(H,21,22)(H,23,24)/p-2/t15-/m1/s1. The summed E-state index contributed by atoms with van der Waals surface area (Å²) in [5.74, 6) is -2.80. The van der Waals surface area contributed by atoms with E-state index in [4.69, 9.17) is 0 Å². The van der Waals surface area contributed by atoms with Gasteiger partial charge in [0.15, 0.2) is 0 Å². The van der Waals surface area contributed by atoms with Gasteiger partial charge in [-0.1, -0.05) is 42.5 Å². The summed E-state index contributed by atoms with van der Waals surface area (Å²) in [6.07, 6.45) is 0.133. The first kappa shape index (κ1) is 16.5. The van der Waals surface area contributed by atoms with Gasteiger partial charge in [-0.15, -0.1) is 0 Å². The quantitative estimate of drug-likeness (QED) is 0.830. The number of aliphatic carboxylic acids is 1. The van der Waals surface area contributed by atoms with E-state index in [0.29, 0.717) is 0 Å². The maximum absolute atomic E-state index is 12.6. The number of rotatable bonds is 3. The van der Waals surface area contributed by atoms with Crippen LogP contribution >= 0.6 is 0 Å². The average Bonchev–Trinajstić information content (AvgIpc) is 2.60. The number of nitrogens with one attached hydrogen (secondary N) is 1. The molecular weight excluding hydrogens is 324 g/mol. The summed E-state index contributed by atoms with van der Waals surface area (Å²) in [4.78, 5) is 36.3. The van der Waals surface area contributed by atoms with Gasteiger partial charge < -0.3 is 30.0 Å². The largest absolute Gasteiger partial charge is 0.548 e. The van der Waals surface area contributed by atoms with E-state index in [0.717, 1.165) is 16.0 Å². The highest BCUT2D eigenvalue weighted by Gasteiger charge is 2.30. The molecular formula is C18H14N2O5-2. The fraction of sp³-hybridized carbons (Fsp3) is 0.167. The molecule has 1 N–H and O–H groups in total. The topological polar surface area (TPSA) is 113 Å². The SMILES string of the molecule is O=C([O-])c1ccccc1NC(=O)N1Cc2ccccc2C[C@@H]1C(=O)[O-]. The minimum absolute atomic E-state index is 0.0449. The number of amides is 2. The van der Waals surface area contributed by atoms with E-state index in [2.05, 4.69) is 5.32 Å². The molecule has 1 atom stereocenters.